The third kappa shape index (κ3) is 7.82. The first kappa shape index (κ1) is 19.0. The van der Waals surface area contributed by atoms with Gasteiger partial charge in [0.1, 0.15) is 0 Å². The monoisotopic (exact) mass is 300 g/mol. The van der Waals surface area contributed by atoms with Gasteiger partial charge in [0, 0.05) is 0 Å². The van der Waals surface area contributed by atoms with Crippen molar-refractivity contribution in [3.05, 3.63) is 48.1 Å². The molecule has 0 amide bonds. The van der Waals surface area contributed by atoms with Gasteiger partial charge in [-0.1, -0.05) is 82.1 Å². The van der Waals surface area contributed by atoms with E-state index in [2.05, 4.69) is 51.7 Å². The van der Waals surface area contributed by atoms with Crippen LogP contribution in [-0.2, 0) is 0 Å². The fourth-order valence-corrected chi connectivity index (χ4v) is 3.56. The summed E-state index contributed by atoms with van der Waals surface area (Å²) in [5.74, 6) is 0. The van der Waals surface area contributed by atoms with Gasteiger partial charge in [0.2, 0.25) is 0 Å². The van der Waals surface area contributed by atoms with Gasteiger partial charge in [-0.3, -0.25) is 0 Å². The summed E-state index contributed by atoms with van der Waals surface area (Å²) in [6, 6.07) is 0. The molecule has 0 aromatic carbocycles. The summed E-state index contributed by atoms with van der Waals surface area (Å²) in [7, 11) is 0. The molecule has 0 radical (unpaired) electrons. The third-order valence-corrected chi connectivity index (χ3v) is 4.89. The van der Waals surface area contributed by atoms with E-state index in [1.54, 1.807) is 0 Å². The molecular weight excluding hydrogens is 264 g/mol. The predicted octanol–water partition coefficient (Wildman–Crippen LogP) is 7.54. The topological polar surface area (TPSA) is 0 Å². The number of rotatable bonds is 9. The van der Waals surface area contributed by atoms with Gasteiger partial charge in [0.05, 0.1) is 0 Å². The van der Waals surface area contributed by atoms with E-state index >= 15 is 0 Å². The van der Waals surface area contributed by atoms with Crippen molar-refractivity contribution in [3.8, 4) is 0 Å². The van der Waals surface area contributed by atoms with Crippen LogP contribution in [0, 0.1) is 5.41 Å². The van der Waals surface area contributed by atoms with Crippen LogP contribution in [0.3, 0.4) is 0 Å². The molecule has 1 aliphatic rings. The zero-order chi connectivity index (χ0) is 16.3. The molecule has 1 rings (SSSR count). The Hall–Kier alpha value is -1.04. The van der Waals surface area contributed by atoms with Crippen molar-refractivity contribution in [1.29, 1.82) is 0 Å². The van der Waals surface area contributed by atoms with Crippen LogP contribution in [0.25, 0.3) is 0 Å². The lowest BCUT2D eigenvalue weighted by atomic mass is 9.72. The van der Waals surface area contributed by atoms with Gasteiger partial charge in [-0.2, -0.15) is 0 Å². The molecule has 0 aromatic rings. The normalized spacial score (nSPS) is 19.6. The highest BCUT2D eigenvalue weighted by molar-refractivity contribution is 5.35. The van der Waals surface area contributed by atoms with Gasteiger partial charge in [-0.05, 0) is 56.4 Å². The zero-order valence-corrected chi connectivity index (χ0v) is 15.2. The van der Waals surface area contributed by atoms with Crippen LogP contribution >= 0.6 is 0 Å². The van der Waals surface area contributed by atoms with E-state index < -0.39 is 0 Å². The SMILES string of the molecule is C=C/C=C(\C=C/CCCC1(C)CCCCC1)/C=C(\C)CCC. The van der Waals surface area contributed by atoms with Crippen LogP contribution in [0.5, 0.6) is 0 Å². The molecule has 0 aromatic heterocycles. The van der Waals surface area contributed by atoms with Crippen molar-refractivity contribution in [2.75, 3.05) is 0 Å². The average Bonchev–Trinajstić information content (AvgIpc) is 2.48. The Kier molecular flexibility index (Phi) is 9.20. The number of unbranched alkanes of at least 4 members (excludes halogenated alkanes) is 1. The van der Waals surface area contributed by atoms with Crippen LogP contribution in [0.2, 0.25) is 0 Å². The minimum Gasteiger partial charge on any atom is -0.0990 e. The summed E-state index contributed by atoms with van der Waals surface area (Å²) in [5, 5.41) is 0. The highest BCUT2D eigenvalue weighted by atomic mass is 14.3. The Balaban J connectivity index is 2.40. The standard InChI is InChI=1S/C22H36/c1-5-13-20(3)19-21(14-6-2)15-9-7-10-16-22(4)17-11-8-12-18-22/h6,9,14-15,19H,2,5,7-8,10-13,16-18H2,1,3-4H3/b15-9-,20-19+,21-14+. The first-order chi connectivity index (χ1) is 10.6. The van der Waals surface area contributed by atoms with Gasteiger partial charge < -0.3 is 0 Å². The molecule has 124 valence electrons. The molecule has 22 heavy (non-hydrogen) atoms. The maximum absolute atomic E-state index is 3.83. The Bertz CT molecular complexity index is 400. The smallest absolute Gasteiger partial charge is 0.0261 e. The molecule has 0 heteroatoms. The van der Waals surface area contributed by atoms with E-state index in [-0.39, 0.29) is 0 Å². The van der Waals surface area contributed by atoms with E-state index in [0.717, 1.165) is 0 Å². The van der Waals surface area contributed by atoms with Gasteiger partial charge in [0.25, 0.3) is 0 Å². The molecule has 0 aliphatic heterocycles. The predicted molar refractivity (Wildman–Crippen MR) is 101 cm³/mol. The highest BCUT2D eigenvalue weighted by Crippen LogP contribution is 2.39. The van der Waals surface area contributed by atoms with Crippen LogP contribution in [0.1, 0.15) is 85.0 Å². The van der Waals surface area contributed by atoms with E-state index in [4.69, 9.17) is 0 Å². The highest BCUT2D eigenvalue weighted by Gasteiger charge is 2.25. The number of hydrogen-bond donors (Lipinski definition) is 0. The Morgan fingerprint density at radius 3 is 2.55 bits per heavy atom. The maximum atomic E-state index is 3.83. The quantitative estimate of drug-likeness (QED) is 0.305. The first-order valence-electron chi connectivity index (χ1n) is 9.26. The van der Waals surface area contributed by atoms with E-state index in [1.165, 1.54) is 75.4 Å². The van der Waals surface area contributed by atoms with Crippen molar-refractivity contribution >= 4 is 0 Å². The van der Waals surface area contributed by atoms with Gasteiger partial charge in [-0.25, -0.2) is 0 Å². The molecule has 0 N–H and O–H groups in total. The number of allylic oxidation sites excluding steroid dienone is 7. The second kappa shape index (κ2) is 10.6. The third-order valence-electron chi connectivity index (χ3n) is 4.89. The molecule has 0 spiro atoms. The number of hydrogen-bond acceptors (Lipinski definition) is 0. The summed E-state index contributed by atoms with van der Waals surface area (Å²) in [5.41, 5.74) is 3.36. The molecule has 0 bridgehead atoms. The van der Waals surface area contributed by atoms with E-state index in [9.17, 15) is 0 Å². The second-order valence-electron chi connectivity index (χ2n) is 7.31. The maximum Gasteiger partial charge on any atom is -0.0261 e. The van der Waals surface area contributed by atoms with E-state index in [0.29, 0.717) is 5.41 Å². The minimum atomic E-state index is 0.628. The Morgan fingerprint density at radius 2 is 1.91 bits per heavy atom. The lowest BCUT2D eigenvalue weighted by molar-refractivity contribution is 0.195. The molecule has 0 nitrogen and oxygen atoms in total. The molecule has 1 aliphatic carbocycles. The summed E-state index contributed by atoms with van der Waals surface area (Å²) in [6.07, 6.45) is 24.4. The Labute approximate surface area is 139 Å². The zero-order valence-electron chi connectivity index (χ0n) is 15.2. The fraction of sp³-hybridized carbons (Fsp3) is 0.636. The molecule has 0 unspecified atom stereocenters. The lowest BCUT2D eigenvalue weighted by Gasteiger charge is -2.33. The molecule has 0 atom stereocenters. The minimum absolute atomic E-state index is 0.628. The second-order valence-corrected chi connectivity index (χ2v) is 7.31. The van der Waals surface area contributed by atoms with Crippen LogP contribution < -0.4 is 0 Å². The van der Waals surface area contributed by atoms with Crippen molar-refractivity contribution in [3.63, 3.8) is 0 Å². The first-order valence-corrected chi connectivity index (χ1v) is 9.26. The summed E-state index contributed by atoms with van der Waals surface area (Å²) in [6.45, 7) is 10.8. The molecule has 1 fully saturated rings. The summed E-state index contributed by atoms with van der Waals surface area (Å²) >= 11 is 0. The van der Waals surface area contributed by atoms with Crippen molar-refractivity contribution in [1.82, 2.24) is 0 Å². The van der Waals surface area contributed by atoms with E-state index in [1.807, 2.05) is 6.08 Å². The average molecular weight is 301 g/mol. The lowest BCUT2D eigenvalue weighted by Crippen LogP contribution is -2.19. The molecular formula is C22H36. The van der Waals surface area contributed by atoms with Crippen molar-refractivity contribution < 1.29 is 0 Å². The van der Waals surface area contributed by atoms with Crippen LogP contribution in [0.15, 0.2) is 48.1 Å². The van der Waals surface area contributed by atoms with Crippen LogP contribution in [0.4, 0.5) is 0 Å². The summed E-state index contributed by atoms with van der Waals surface area (Å²) < 4.78 is 0. The van der Waals surface area contributed by atoms with Crippen LogP contribution in [-0.4, -0.2) is 0 Å². The fourth-order valence-electron chi connectivity index (χ4n) is 3.56. The van der Waals surface area contributed by atoms with Crippen molar-refractivity contribution in [2.24, 2.45) is 5.41 Å². The Morgan fingerprint density at radius 1 is 1.18 bits per heavy atom. The van der Waals surface area contributed by atoms with Gasteiger partial charge >= 0.3 is 0 Å². The molecule has 1 saturated carbocycles. The summed E-state index contributed by atoms with van der Waals surface area (Å²) in [4.78, 5) is 0. The van der Waals surface area contributed by atoms with Gasteiger partial charge in [-0.15, -0.1) is 0 Å². The van der Waals surface area contributed by atoms with Gasteiger partial charge in [0.15, 0.2) is 0 Å². The van der Waals surface area contributed by atoms with Crippen molar-refractivity contribution in [2.45, 2.75) is 85.0 Å². The molecule has 0 heterocycles. The largest absolute Gasteiger partial charge is 0.0990 e. The molecule has 0 saturated heterocycles.